The van der Waals surface area contributed by atoms with Gasteiger partial charge in [-0.25, -0.2) is 8.42 Å². The molecule has 26 heavy (non-hydrogen) atoms. The van der Waals surface area contributed by atoms with Crippen LogP contribution in [0.2, 0.25) is 0 Å². The number of benzene rings is 1. The van der Waals surface area contributed by atoms with Crippen molar-refractivity contribution in [1.82, 2.24) is 9.62 Å². The predicted molar refractivity (Wildman–Crippen MR) is 98.9 cm³/mol. The third-order valence-corrected chi connectivity index (χ3v) is 6.02. The van der Waals surface area contributed by atoms with Crippen molar-refractivity contribution in [2.45, 2.75) is 44.0 Å². The van der Waals surface area contributed by atoms with Crippen LogP contribution >= 0.6 is 0 Å². The van der Waals surface area contributed by atoms with Crippen molar-refractivity contribution in [2.75, 3.05) is 27.3 Å². The maximum Gasteiger partial charge on any atom is 0.244 e. The molecule has 1 atom stereocenters. The highest BCUT2D eigenvalue weighted by Crippen LogP contribution is 2.29. The van der Waals surface area contributed by atoms with Gasteiger partial charge in [0.05, 0.1) is 14.2 Å². The molecule has 1 aliphatic rings. The van der Waals surface area contributed by atoms with Crippen LogP contribution in [-0.4, -0.2) is 52.6 Å². The van der Waals surface area contributed by atoms with E-state index in [-0.39, 0.29) is 22.5 Å². The van der Waals surface area contributed by atoms with Crippen LogP contribution in [0.25, 0.3) is 0 Å². The zero-order chi connectivity index (χ0) is 19.3. The summed E-state index contributed by atoms with van der Waals surface area (Å²) in [6, 6.07) is 3.66. The highest BCUT2D eigenvalue weighted by molar-refractivity contribution is 7.89. The van der Waals surface area contributed by atoms with E-state index in [4.69, 9.17) is 9.47 Å². The maximum absolute atomic E-state index is 12.9. The molecule has 0 spiro atoms. The summed E-state index contributed by atoms with van der Waals surface area (Å²) in [4.78, 5) is 14.6. The number of hydrogen-bond acceptors (Lipinski definition) is 5. The Hall–Kier alpha value is -1.80. The monoisotopic (exact) mass is 384 g/mol. The third-order valence-electron chi connectivity index (χ3n) is 4.54. The summed E-state index contributed by atoms with van der Waals surface area (Å²) in [5.41, 5.74) is 0. The lowest BCUT2D eigenvalue weighted by molar-refractivity contribution is -0.134. The van der Waals surface area contributed by atoms with Gasteiger partial charge in [-0.1, -0.05) is 13.8 Å². The smallest absolute Gasteiger partial charge is 0.244 e. The molecular formula is C18H28N2O5S. The largest absolute Gasteiger partial charge is 0.497 e. The number of likely N-dealkylation sites (tertiary alicyclic amines) is 1. The number of ether oxygens (including phenoxy) is 2. The number of carbonyl (C=O) groups is 1. The van der Waals surface area contributed by atoms with E-state index in [2.05, 4.69) is 4.72 Å². The zero-order valence-electron chi connectivity index (χ0n) is 15.8. The number of methoxy groups -OCH3 is 2. The molecule has 1 heterocycles. The number of sulfonamides is 1. The van der Waals surface area contributed by atoms with Gasteiger partial charge in [-0.2, -0.15) is 4.72 Å². The predicted octanol–water partition coefficient (Wildman–Crippen LogP) is 2.02. The molecule has 0 unspecified atom stereocenters. The van der Waals surface area contributed by atoms with E-state index in [0.717, 1.165) is 19.3 Å². The number of nitrogens with one attached hydrogen (secondary N) is 1. The Kier molecular flexibility index (Phi) is 6.88. The molecule has 2 rings (SSSR count). The van der Waals surface area contributed by atoms with Gasteiger partial charge >= 0.3 is 0 Å². The number of rotatable bonds is 7. The van der Waals surface area contributed by atoms with Gasteiger partial charge < -0.3 is 14.4 Å². The number of amides is 1. The van der Waals surface area contributed by atoms with Gasteiger partial charge in [0.1, 0.15) is 22.4 Å². The molecule has 1 saturated heterocycles. The zero-order valence-corrected chi connectivity index (χ0v) is 16.6. The van der Waals surface area contributed by atoms with Gasteiger partial charge in [0, 0.05) is 19.2 Å². The average molecular weight is 384 g/mol. The second-order valence-corrected chi connectivity index (χ2v) is 8.43. The molecule has 1 amide bonds. The summed E-state index contributed by atoms with van der Waals surface area (Å²) >= 11 is 0. The molecule has 7 nitrogen and oxygen atoms in total. The third kappa shape index (κ3) is 4.67. The van der Waals surface area contributed by atoms with Crippen molar-refractivity contribution in [1.29, 1.82) is 0 Å². The molecule has 0 saturated carbocycles. The molecule has 146 valence electrons. The second kappa shape index (κ2) is 8.73. The summed E-state index contributed by atoms with van der Waals surface area (Å²) < 4.78 is 38.7. The molecule has 0 aliphatic carbocycles. The summed E-state index contributed by atoms with van der Waals surface area (Å²) in [5, 5.41) is 0. The number of nitrogens with zero attached hydrogens (tertiary/aromatic N) is 1. The number of carbonyl (C=O) groups excluding carboxylic acids is 1. The SMILES string of the molecule is COc1ccc(S(=O)(=O)N[C@H](C(=O)N2CCCCC2)C(C)C)c(OC)c1. The molecule has 0 radical (unpaired) electrons. The van der Waals surface area contributed by atoms with Crippen molar-refractivity contribution >= 4 is 15.9 Å². The highest BCUT2D eigenvalue weighted by atomic mass is 32.2. The van der Waals surface area contributed by atoms with E-state index < -0.39 is 16.1 Å². The fourth-order valence-electron chi connectivity index (χ4n) is 3.01. The Balaban J connectivity index is 2.28. The van der Waals surface area contributed by atoms with Crippen LogP contribution in [-0.2, 0) is 14.8 Å². The van der Waals surface area contributed by atoms with Crippen molar-refractivity contribution in [3.63, 3.8) is 0 Å². The highest BCUT2D eigenvalue weighted by Gasteiger charge is 2.33. The molecule has 0 bridgehead atoms. The molecule has 1 aliphatic heterocycles. The minimum atomic E-state index is -3.93. The van der Waals surface area contributed by atoms with Crippen LogP contribution in [0.4, 0.5) is 0 Å². The fourth-order valence-corrected chi connectivity index (χ4v) is 4.50. The van der Waals surface area contributed by atoms with E-state index in [1.807, 2.05) is 13.8 Å². The van der Waals surface area contributed by atoms with Crippen LogP contribution in [0.5, 0.6) is 11.5 Å². The Morgan fingerprint density at radius 3 is 2.31 bits per heavy atom. The lowest BCUT2D eigenvalue weighted by Crippen LogP contribution is -2.52. The van der Waals surface area contributed by atoms with Gasteiger partial charge in [-0.3, -0.25) is 4.79 Å². The standard InChI is InChI=1S/C18H28N2O5S/c1-13(2)17(18(21)20-10-6-5-7-11-20)19-26(22,23)16-9-8-14(24-3)12-15(16)25-4/h8-9,12-13,17,19H,5-7,10-11H2,1-4H3/t17-/m0/s1. The first kappa shape index (κ1) is 20.5. The number of hydrogen-bond donors (Lipinski definition) is 1. The lowest BCUT2D eigenvalue weighted by atomic mass is 10.0. The summed E-state index contributed by atoms with van der Waals surface area (Å²) in [7, 11) is -1.05. The van der Waals surface area contributed by atoms with Crippen molar-refractivity contribution < 1.29 is 22.7 Å². The minimum Gasteiger partial charge on any atom is -0.497 e. The molecule has 0 aromatic heterocycles. The molecule has 1 aromatic carbocycles. The first-order valence-electron chi connectivity index (χ1n) is 8.83. The first-order chi connectivity index (χ1) is 12.3. The minimum absolute atomic E-state index is 0.0158. The van der Waals surface area contributed by atoms with Gasteiger partial charge in [0.2, 0.25) is 15.9 Å². The Morgan fingerprint density at radius 1 is 1.12 bits per heavy atom. The maximum atomic E-state index is 12.9. The first-order valence-corrected chi connectivity index (χ1v) is 10.3. The van der Waals surface area contributed by atoms with Crippen LogP contribution in [0.3, 0.4) is 0 Å². The summed E-state index contributed by atoms with van der Waals surface area (Å²) in [6.07, 6.45) is 3.01. The number of piperidine rings is 1. The molecule has 1 aromatic rings. The van der Waals surface area contributed by atoms with E-state index in [1.165, 1.54) is 26.4 Å². The topological polar surface area (TPSA) is 84.9 Å². The Morgan fingerprint density at radius 2 is 1.77 bits per heavy atom. The van der Waals surface area contributed by atoms with Crippen LogP contribution in [0, 0.1) is 5.92 Å². The Labute approximate surface area is 155 Å². The van der Waals surface area contributed by atoms with E-state index >= 15 is 0 Å². The quantitative estimate of drug-likeness (QED) is 0.777. The van der Waals surface area contributed by atoms with Gasteiger partial charge in [-0.15, -0.1) is 0 Å². The molecule has 1 fully saturated rings. The molecule has 8 heteroatoms. The van der Waals surface area contributed by atoms with E-state index in [0.29, 0.717) is 18.8 Å². The van der Waals surface area contributed by atoms with E-state index in [9.17, 15) is 13.2 Å². The molecule has 1 N–H and O–H groups in total. The summed E-state index contributed by atoms with van der Waals surface area (Å²) in [5.74, 6) is 0.314. The summed E-state index contributed by atoms with van der Waals surface area (Å²) in [6.45, 7) is 5.02. The van der Waals surface area contributed by atoms with Crippen LogP contribution in [0.1, 0.15) is 33.1 Å². The fraction of sp³-hybridized carbons (Fsp3) is 0.611. The van der Waals surface area contributed by atoms with Gasteiger partial charge in [-0.05, 0) is 37.3 Å². The lowest BCUT2D eigenvalue weighted by Gasteiger charge is -2.32. The van der Waals surface area contributed by atoms with Crippen molar-refractivity contribution in [3.8, 4) is 11.5 Å². The van der Waals surface area contributed by atoms with Crippen LogP contribution < -0.4 is 14.2 Å². The Bertz CT molecular complexity index is 727. The van der Waals surface area contributed by atoms with Crippen molar-refractivity contribution in [2.24, 2.45) is 5.92 Å². The normalized spacial score (nSPS) is 16.4. The molecular weight excluding hydrogens is 356 g/mol. The van der Waals surface area contributed by atoms with Gasteiger partial charge in [0.15, 0.2) is 0 Å². The van der Waals surface area contributed by atoms with Crippen LogP contribution in [0.15, 0.2) is 23.1 Å². The van der Waals surface area contributed by atoms with Crippen molar-refractivity contribution in [3.05, 3.63) is 18.2 Å². The average Bonchev–Trinajstić information content (AvgIpc) is 2.65. The van der Waals surface area contributed by atoms with Gasteiger partial charge in [0.25, 0.3) is 0 Å². The second-order valence-electron chi connectivity index (χ2n) is 6.75. The van der Waals surface area contributed by atoms with E-state index in [1.54, 1.807) is 11.0 Å².